The highest BCUT2D eigenvalue weighted by atomic mass is 14.4. The Morgan fingerprint density at radius 1 is 0.264 bits per heavy atom. The lowest BCUT2D eigenvalue weighted by Gasteiger charge is -2.11. The van der Waals surface area contributed by atoms with Crippen LogP contribution >= 0.6 is 0 Å². The van der Waals surface area contributed by atoms with E-state index in [1.54, 1.807) is 123 Å². The molecule has 9 aliphatic rings. The van der Waals surface area contributed by atoms with E-state index in [0.717, 1.165) is 38.5 Å². The van der Waals surface area contributed by atoms with Gasteiger partial charge in [0.1, 0.15) is 0 Å². The number of hydrogen-bond donors (Lipinski definition) is 0. The lowest BCUT2D eigenvalue weighted by atomic mass is 9.94. The summed E-state index contributed by atoms with van der Waals surface area (Å²) in [6.45, 7) is 19.0. The zero-order chi connectivity index (χ0) is 36.7. The highest BCUT2D eigenvalue weighted by molar-refractivity contribution is 5.69. The Morgan fingerprint density at radius 2 is 0.472 bits per heavy atom. The molecule has 53 heavy (non-hydrogen) atoms. The summed E-state index contributed by atoms with van der Waals surface area (Å²) in [5.74, 6) is 0. The van der Waals surface area contributed by atoms with E-state index in [1.807, 2.05) is 0 Å². The van der Waals surface area contributed by atoms with Crippen LogP contribution < -0.4 is 0 Å². The molecule has 9 rings (SSSR count). The Morgan fingerprint density at radius 3 is 0.679 bits per heavy atom. The van der Waals surface area contributed by atoms with Crippen molar-refractivity contribution in [3.63, 3.8) is 0 Å². The van der Waals surface area contributed by atoms with Crippen LogP contribution in [0.1, 0.15) is 152 Å². The predicted octanol–water partition coefficient (Wildman–Crippen LogP) is 15.3. The molecule has 0 atom stereocenters. The average molecular weight is 697 g/mol. The fraction of sp³-hybridized carbons (Fsp3) is 0.434. The van der Waals surface area contributed by atoms with E-state index < -0.39 is 0 Å². The summed E-state index contributed by atoms with van der Waals surface area (Å²) in [7, 11) is 0. The summed E-state index contributed by atoms with van der Waals surface area (Å²) in [5, 5.41) is 0. The molecule has 0 N–H and O–H groups in total. The van der Waals surface area contributed by atoms with Crippen LogP contribution in [0, 0.1) is 0 Å². The Kier molecular flexibility index (Phi) is 8.84. The molecule has 0 aliphatic heterocycles. The number of rotatable bonds is 8. The molecule has 0 saturated heterocycles. The van der Waals surface area contributed by atoms with E-state index in [2.05, 4.69) is 91.8 Å². The quantitative estimate of drug-likeness (QED) is 0.237. The average Bonchev–Trinajstić information content (AvgIpc) is 3.95. The largest absolute Gasteiger partial charge is 0.0686 e. The van der Waals surface area contributed by atoms with Gasteiger partial charge in [0.05, 0.1) is 0 Å². The Labute approximate surface area is 320 Å². The smallest absolute Gasteiger partial charge is 0.00577 e. The Bertz CT molecular complexity index is 2110. The standard InChI is InChI=1S/C53H60/c1-30-18-32(3)48(20-30)42-12-9-14-44(42)50-26-38(22-34(50)5)40-24-36(7)52(28-40)46-16-11-17-47(46)53-29-41(25-37(53)8)39-23-35(6)51(27-39)45-15-10-13-43(45)49-21-31(2)19-33(49)4/h20-21,26-29H,9-19,22-25H2,1-8H3. The van der Waals surface area contributed by atoms with Crippen molar-refractivity contribution in [2.45, 2.75) is 152 Å². The van der Waals surface area contributed by atoms with E-state index >= 15 is 0 Å². The van der Waals surface area contributed by atoms with Gasteiger partial charge in [-0.25, -0.2) is 0 Å². The molecule has 0 saturated carbocycles. The van der Waals surface area contributed by atoms with Gasteiger partial charge in [-0.2, -0.15) is 0 Å². The van der Waals surface area contributed by atoms with Crippen LogP contribution in [0.5, 0.6) is 0 Å². The summed E-state index contributed by atoms with van der Waals surface area (Å²) < 4.78 is 0. The molecule has 0 aromatic heterocycles. The molecule has 0 spiro atoms. The Balaban J connectivity index is 0.976. The van der Waals surface area contributed by atoms with Crippen LogP contribution in [0.4, 0.5) is 0 Å². The van der Waals surface area contributed by atoms with Crippen molar-refractivity contribution in [3.05, 3.63) is 170 Å². The molecule has 0 aromatic rings. The van der Waals surface area contributed by atoms with Crippen molar-refractivity contribution in [3.8, 4) is 0 Å². The van der Waals surface area contributed by atoms with E-state index in [4.69, 9.17) is 0 Å². The number of hydrogen-bond acceptors (Lipinski definition) is 0. The summed E-state index contributed by atoms with van der Waals surface area (Å²) in [4.78, 5) is 0. The van der Waals surface area contributed by atoms with E-state index in [9.17, 15) is 0 Å². The van der Waals surface area contributed by atoms with Crippen molar-refractivity contribution in [2.75, 3.05) is 0 Å². The molecule has 0 bridgehead atoms. The third kappa shape index (κ3) is 6.04. The van der Waals surface area contributed by atoms with Gasteiger partial charge in [-0.05, 0) is 241 Å². The van der Waals surface area contributed by atoms with Crippen LogP contribution in [0.3, 0.4) is 0 Å². The molecular weight excluding hydrogens is 637 g/mol. The molecule has 0 heteroatoms. The normalized spacial score (nSPS) is 25.4. The molecule has 0 amide bonds. The molecule has 0 fully saturated rings. The lowest BCUT2D eigenvalue weighted by Crippen LogP contribution is -1.92. The summed E-state index contributed by atoms with van der Waals surface area (Å²) >= 11 is 0. The van der Waals surface area contributed by atoms with Gasteiger partial charge < -0.3 is 0 Å². The molecule has 9 aliphatic carbocycles. The second-order valence-electron chi connectivity index (χ2n) is 18.3. The highest BCUT2D eigenvalue weighted by Gasteiger charge is 2.32. The first-order valence-corrected chi connectivity index (χ1v) is 21.1. The second-order valence-corrected chi connectivity index (χ2v) is 18.3. The van der Waals surface area contributed by atoms with Gasteiger partial charge in [-0.1, -0.05) is 81.0 Å². The summed E-state index contributed by atoms with van der Waals surface area (Å²) in [6.07, 6.45) is 33.5. The lowest BCUT2D eigenvalue weighted by molar-refractivity contribution is 0.899. The molecular formula is C53H60. The molecule has 0 radical (unpaired) electrons. The third-order valence-electron chi connectivity index (χ3n) is 14.2. The van der Waals surface area contributed by atoms with Crippen molar-refractivity contribution in [2.24, 2.45) is 0 Å². The maximum Gasteiger partial charge on any atom is -0.00577 e. The minimum atomic E-state index is 1.11. The van der Waals surface area contributed by atoms with Crippen molar-refractivity contribution >= 4 is 0 Å². The maximum atomic E-state index is 2.62. The van der Waals surface area contributed by atoms with Crippen molar-refractivity contribution in [1.82, 2.24) is 0 Å². The molecule has 0 nitrogen and oxygen atoms in total. The SMILES string of the molecule is CC1=CC(C2=C(C3=C(C)CC(C4=CC(C5=C(C6=C(C)CC(C7=CC(C8=C(C9=C(C)CC(C)=C9)CCC8)=C(C)C7)=C6)CCC5)=C(C)C4)=C3)CCC2)=C(C)C1. The zero-order valence-electron chi connectivity index (χ0n) is 34.1. The van der Waals surface area contributed by atoms with Crippen LogP contribution in [0.25, 0.3) is 0 Å². The van der Waals surface area contributed by atoms with Crippen LogP contribution in [-0.4, -0.2) is 0 Å². The molecule has 0 unspecified atom stereocenters. The third-order valence-corrected chi connectivity index (χ3v) is 14.2. The van der Waals surface area contributed by atoms with Gasteiger partial charge >= 0.3 is 0 Å². The zero-order valence-corrected chi connectivity index (χ0v) is 34.1. The fourth-order valence-corrected chi connectivity index (χ4v) is 11.7. The monoisotopic (exact) mass is 696 g/mol. The van der Waals surface area contributed by atoms with E-state index in [1.165, 1.54) is 68.9 Å². The van der Waals surface area contributed by atoms with Gasteiger partial charge in [-0.3, -0.25) is 0 Å². The first kappa shape index (κ1) is 34.8. The van der Waals surface area contributed by atoms with E-state index in [-0.39, 0.29) is 0 Å². The minimum Gasteiger partial charge on any atom is -0.0686 e. The van der Waals surface area contributed by atoms with Gasteiger partial charge in [0.2, 0.25) is 0 Å². The Hall–Kier alpha value is -3.90. The molecule has 272 valence electrons. The van der Waals surface area contributed by atoms with Crippen LogP contribution in [0.15, 0.2) is 170 Å². The molecule has 0 aromatic carbocycles. The van der Waals surface area contributed by atoms with Gasteiger partial charge in [0, 0.05) is 0 Å². The van der Waals surface area contributed by atoms with Crippen molar-refractivity contribution < 1.29 is 0 Å². The predicted molar refractivity (Wildman–Crippen MR) is 226 cm³/mol. The van der Waals surface area contributed by atoms with E-state index in [0.29, 0.717) is 0 Å². The minimum absolute atomic E-state index is 1.11. The summed E-state index contributed by atoms with van der Waals surface area (Å²) in [6, 6.07) is 0. The molecule has 0 heterocycles. The van der Waals surface area contributed by atoms with Gasteiger partial charge in [0.15, 0.2) is 0 Å². The first-order chi connectivity index (χ1) is 25.5. The van der Waals surface area contributed by atoms with Gasteiger partial charge in [0.25, 0.3) is 0 Å². The topological polar surface area (TPSA) is 0 Å². The van der Waals surface area contributed by atoms with Crippen LogP contribution in [-0.2, 0) is 0 Å². The first-order valence-electron chi connectivity index (χ1n) is 21.1. The number of allylic oxidation sites excluding steroid dienone is 30. The van der Waals surface area contributed by atoms with Gasteiger partial charge in [-0.15, -0.1) is 0 Å². The van der Waals surface area contributed by atoms with Crippen LogP contribution in [0.2, 0.25) is 0 Å². The summed E-state index contributed by atoms with van der Waals surface area (Å²) in [5.41, 5.74) is 38.1. The fourth-order valence-electron chi connectivity index (χ4n) is 11.7. The maximum absolute atomic E-state index is 2.62. The highest BCUT2D eigenvalue weighted by Crippen LogP contribution is 2.51. The van der Waals surface area contributed by atoms with Crippen molar-refractivity contribution in [1.29, 1.82) is 0 Å². The second kappa shape index (κ2) is 13.4.